The highest BCUT2D eigenvalue weighted by Gasteiger charge is 2.49. The van der Waals surface area contributed by atoms with Gasteiger partial charge in [0, 0.05) is 18.5 Å². The summed E-state index contributed by atoms with van der Waals surface area (Å²) in [7, 11) is 0. The second-order valence-electron chi connectivity index (χ2n) is 7.03. The van der Waals surface area contributed by atoms with Crippen molar-refractivity contribution in [3.63, 3.8) is 0 Å². The van der Waals surface area contributed by atoms with Crippen molar-refractivity contribution in [2.45, 2.75) is 58.4 Å². The molecule has 6 heteroatoms. The molecule has 2 fully saturated rings. The summed E-state index contributed by atoms with van der Waals surface area (Å²) >= 11 is 0. The lowest BCUT2D eigenvalue weighted by atomic mass is 9.93. The molecule has 6 nitrogen and oxygen atoms in total. The smallest absolute Gasteiger partial charge is 0.326 e. The monoisotopic (exact) mass is 320 g/mol. The normalized spacial score (nSPS) is 28.0. The molecule has 0 aromatic carbocycles. The van der Waals surface area contributed by atoms with E-state index in [-0.39, 0.29) is 17.7 Å². The second kappa shape index (κ2) is 5.98. The van der Waals surface area contributed by atoms with Crippen molar-refractivity contribution >= 4 is 11.9 Å². The fourth-order valence-electron chi connectivity index (χ4n) is 4.55. The average molecular weight is 320 g/mol. The lowest BCUT2D eigenvalue weighted by Crippen LogP contribution is -2.43. The molecule has 0 radical (unpaired) electrons. The van der Waals surface area contributed by atoms with Gasteiger partial charge < -0.3 is 14.5 Å². The van der Waals surface area contributed by atoms with Gasteiger partial charge in [0.15, 0.2) is 0 Å². The van der Waals surface area contributed by atoms with Gasteiger partial charge in [-0.2, -0.15) is 0 Å². The Morgan fingerprint density at radius 1 is 1.39 bits per heavy atom. The summed E-state index contributed by atoms with van der Waals surface area (Å²) < 4.78 is 5.17. The second-order valence-corrected chi connectivity index (χ2v) is 7.03. The van der Waals surface area contributed by atoms with E-state index in [1.54, 1.807) is 4.90 Å². The maximum absolute atomic E-state index is 12.7. The summed E-state index contributed by atoms with van der Waals surface area (Å²) in [5.74, 6) is 0.261. The third-order valence-electron chi connectivity index (χ3n) is 5.53. The number of aryl methyl sites for hydroxylation is 2. The van der Waals surface area contributed by atoms with Crippen LogP contribution in [0, 0.1) is 25.7 Å². The number of likely N-dealkylation sites (tertiary alicyclic amines) is 1. The third-order valence-corrected chi connectivity index (χ3v) is 5.53. The Hall–Kier alpha value is -1.85. The van der Waals surface area contributed by atoms with E-state index in [0.717, 1.165) is 36.3 Å². The zero-order valence-electron chi connectivity index (χ0n) is 13.9. The van der Waals surface area contributed by atoms with Gasteiger partial charge in [-0.25, -0.2) is 4.79 Å². The molecular formula is C17H24N2O4. The minimum Gasteiger partial charge on any atom is -0.480 e. The highest BCUT2D eigenvalue weighted by Crippen LogP contribution is 2.43. The summed E-state index contributed by atoms with van der Waals surface area (Å²) in [4.78, 5) is 26.0. The van der Waals surface area contributed by atoms with Crippen LogP contribution in [0.5, 0.6) is 0 Å². The molecule has 1 aromatic rings. The zero-order valence-corrected chi connectivity index (χ0v) is 13.9. The first-order valence-electron chi connectivity index (χ1n) is 8.35. The van der Waals surface area contributed by atoms with Crippen molar-refractivity contribution in [2.75, 3.05) is 6.54 Å². The number of fused-ring (bicyclic) bond motifs is 1. The van der Waals surface area contributed by atoms with Crippen LogP contribution in [-0.4, -0.2) is 39.6 Å². The number of carboxylic acid groups (broad SMARTS) is 1. The first-order valence-corrected chi connectivity index (χ1v) is 8.35. The molecule has 2 aliphatic rings. The van der Waals surface area contributed by atoms with E-state index in [2.05, 4.69) is 5.16 Å². The van der Waals surface area contributed by atoms with Crippen molar-refractivity contribution in [3.8, 4) is 0 Å². The molecule has 0 bridgehead atoms. The lowest BCUT2D eigenvalue weighted by molar-refractivity contribution is -0.149. The van der Waals surface area contributed by atoms with Crippen LogP contribution >= 0.6 is 0 Å². The number of carboxylic acids is 1. The van der Waals surface area contributed by atoms with Crippen molar-refractivity contribution < 1.29 is 19.2 Å². The van der Waals surface area contributed by atoms with Crippen LogP contribution in [0.4, 0.5) is 0 Å². The first-order chi connectivity index (χ1) is 10.9. The topological polar surface area (TPSA) is 83.6 Å². The molecule has 2 heterocycles. The number of carbonyl (C=O) groups is 2. The van der Waals surface area contributed by atoms with Gasteiger partial charge in [-0.15, -0.1) is 0 Å². The minimum atomic E-state index is -0.863. The molecule has 1 N–H and O–H groups in total. The molecule has 126 valence electrons. The van der Waals surface area contributed by atoms with Crippen LogP contribution in [0.2, 0.25) is 0 Å². The summed E-state index contributed by atoms with van der Waals surface area (Å²) in [6, 6.07) is -0.646. The van der Waals surface area contributed by atoms with E-state index in [1.165, 1.54) is 0 Å². The summed E-state index contributed by atoms with van der Waals surface area (Å²) in [6.07, 6.45) is 3.34. The molecule has 0 spiro atoms. The van der Waals surface area contributed by atoms with Crippen molar-refractivity contribution in [3.05, 3.63) is 17.0 Å². The molecule has 23 heavy (non-hydrogen) atoms. The predicted octanol–water partition coefficient (Wildman–Crippen LogP) is 2.50. The molecule has 1 amide bonds. The number of amides is 1. The van der Waals surface area contributed by atoms with Gasteiger partial charge in [0.1, 0.15) is 11.8 Å². The van der Waals surface area contributed by atoms with E-state index in [4.69, 9.17) is 4.52 Å². The average Bonchev–Trinajstić information content (AvgIpc) is 3.12. The number of rotatable bonds is 4. The minimum absolute atomic E-state index is 0.0244. The van der Waals surface area contributed by atoms with Gasteiger partial charge in [-0.1, -0.05) is 18.5 Å². The van der Waals surface area contributed by atoms with E-state index in [1.807, 2.05) is 20.8 Å². The number of carbonyl (C=O) groups excluding carboxylic acids is 1. The van der Waals surface area contributed by atoms with E-state index in [9.17, 15) is 14.7 Å². The Bertz CT molecular complexity index is 605. The fraction of sp³-hybridized carbons (Fsp3) is 0.706. The number of hydrogen-bond acceptors (Lipinski definition) is 4. The Balaban J connectivity index is 1.74. The van der Waals surface area contributed by atoms with Crippen molar-refractivity contribution in [1.29, 1.82) is 0 Å². The van der Waals surface area contributed by atoms with Crippen LogP contribution in [0.1, 0.15) is 55.5 Å². The van der Waals surface area contributed by atoms with Crippen LogP contribution in [-0.2, 0) is 9.59 Å². The molecule has 1 aliphatic carbocycles. The number of aliphatic carboxylic acids is 1. The highest BCUT2D eigenvalue weighted by molar-refractivity contribution is 5.85. The summed E-state index contributed by atoms with van der Waals surface area (Å²) in [5, 5.41) is 13.5. The van der Waals surface area contributed by atoms with Crippen LogP contribution in [0.25, 0.3) is 0 Å². The Labute approximate surface area is 135 Å². The zero-order chi connectivity index (χ0) is 16.7. The molecule has 3 rings (SSSR count). The van der Waals surface area contributed by atoms with E-state index >= 15 is 0 Å². The maximum atomic E-state index is 12.7. The summed E-state index contributed by atoms with van der Waals surface area (Å²) in [5.41, 5.74) is 1.76. The van der Waals surface area contributed by atoms with Crippen molar-refractivity contribution in [1.82, 2.24) is 10.1 Å². The summed E-state index contributed by atoms with van der Waals surface area (Å²) in [6.45, 7) is 6.27. The predicted molar refractivity (Wildman–Crippen MR) is 83.0 cm³/mol. The van der Waals surface area contributed by atoms with Crippen molar-refractivity contribution in [2.24, 2.45) is 11.8 Å². The number of nitrogens with zero attached hydrogens (tertiary/aromatic N) is 2. The lowest BCUT2D eigenvalue weighted by Gasteiger charge is -2.25. The molecule has 4 unspecified atom stereocenters. The molecule has 1 aromatic heterocycles. The first kappa shape index (κ1) is 16.0. The highest BCUT2D eigenvalue weighted by atomic mass is 16.5. The van der Waals surface area contributed by atoms with Gasteiger partial charge in [0.25, 0.3) is 0 Å². The third kappa shape index (κ3) is 2.75. The van der Waals surface area contributed by atoms with E-state index in [0.29, 0.717) is 18.9 Å². The van der Waals surface area contributed by atoms with Crippen LogP contribution in [0.15, 0.2) is 4.52 Å². The molecular weight excluding hydrogens is 296 g/mol. The SMILES string of the molecule is Cc1noc(C)c1C(C)CC(=O)N1CC2CCCC2C1C(=O)O. The Morgan fingerprint density at radius 2 is 2.13 bits per heavy atom. The van der Waals surface area contributed by atoms with Gasteiger partial charge >= 0.3 is 5.97 Å². The number of hydrogen-bond donors (Lipinski definition) is 1. The molecule has 1 saturated heterocycles. The van der Waals surface area contributed by atoms with Crippen LogP contribution in [0.3, 0.4) is 0 Å². The standard InChI is InChI=1S/C17H24N2O4/c1-9(15-10(2)18-23-11(15)3)7-14(20)19-8-12-5-4-6-13(12)16(19)17(21)22/h9,12-13,16H,4-8H2,1-3H3,(H,21,22). The maximum Gasteiger partial charge on any atom is 0.326 e. The quantitative estimate of drug-likeness (QED) is 0.921. The van der Waals surface area contributed by atoms with Gasteiger partial charge in [-0.3, -0.25) is 4.79 Å². The number of aromatic nitrogens is 1. The van der Waals surface area contributed by atoms with Crippen LogP contribution < -0.4 is 0 Å². The van der Waals surface area contributed by atoms with Gasteiger partial charge in [0.2, 0.25) is 5.91 Å². The molecule has 1 saturated carbocycles. The molecule has 1 aliphatic heterocycles. The van der Waals surface area contributed by atoms with Gasteiger partial charge in [0.05, 0.1) is 5.69 Å². The Morgan fingerprint density at radius 3 is 2.74 bits per heavy atom. The largest absolute Gasteiger partial charge is 0.480 e. The fourth-order valence-corrected chi connectivity index (χ4v) is 4.55. The Kier molecular flexibility index (Phi) is 4.17. The molecule has 4 atom stereocenters. The van der Waals surface area contributed by atoms with Gasteiger partial charge in [-0.05, 0) is 44.4 Å². The van der Waals surface area contributed by atoms with E-state index < -0.39 is 12.0 Å².